The van der Waals surface area contributed by atoms with E-state index in [1.165, 1.54) is 24.1 Å². The van der Waals surface area contributed by atoms with Gasteiger partial charge < -0.3 is 19.7 Å². The van der Waals surface area contributed by atoms with Crippen LogP contribution in [-0.4, -0.2) is 58.5 Å². The van der Waals surface area contributed by atoms with Crippen molar-refractivity contribution in [3.05, 3.63) is 82.3 Å². The summed E-state index contributed by atoms with van der Waals surface area (Å²) in [6.07, 6.45) is 1.72. The van der Waals surface area contributed by atoms with Gasteiger partial charge >= 0.3 is 0 Å². The summed E-state index contributed by atoms with van der Waals surface area (Å²) in [5.74, 6) is 0.291. The number of sulfonamides is 1. The highest BCUT2D eigenvalue weighted by Crippen LogP contribution is 2.31. The molecule has 11 heteroatoms. The topological polar surface area (TPSA) is 105 Å². The molecule has 0 heterocycles. The van der Waals surface area contributed by atoms with E-state index in [0.29, 0.717) is 28.2 Å². The van der Waals surface area contributed by atoms with Gasteiger partial charge in [0.1, 0.15) is 24.1 Å². The molecule has 9 nitrogen and oxygen atoms in total. The minimum absolute atomic E-state index is 0.0180. The van der Waals surface area contributed by atoms with E-state index in [0.717, 1.165) is 28.3 Å². The van der Waals surface area contributed by atoms with E-state index in [9.17, 15) is 18.0 Å². The van der Waals surface area contributed by atoms with Crippen molar-refractivity contribution >= 4 is 43.5 Å². The summed E-state index contributed by atoms with van der Waals surface area (Å²) in [6.45, 7) is 5.63. The van der Waals surface area contributed by atoms with Gasteiger partial charge in [-0.2, -0.15) is 0 Å². The Hall–Kier alpha value is -3.57. The van der Waals surface area contributed by atoms with Crippen molar-refractivity contribution in [1.29, 1.82) is 0 Å². The van der Waals surface area contributed by atoms with Crippen LogP contribution in [0.15, 0.2) is 76.1 Å². The van der Waals surface area contributed by atoms with Crippen LogP contribution in [0.4, 0.5) is 5.69 Å². The first kappa shape index (κ1) is 32.9. The van der Waals surface area contributed by atoms with Crippen LogP contribution in [0, 0.1) is 6.92 Å². The summed E-state index contributed by atoms with van der Waals surface area (Å²) in [6, 6.07) is 17.6. The van der Waals surface area contributed by atoms with Crippen molar-refractivity contribution < 1.29 is 27.5 Å². The molecule has 3 aromatic carbocycles. The van der Waals surface area contributed by atoms with Crippen LogP contribution in [0.5, 0.6) is 11.5 Å². The van der Waals surface area contributed by atoms with Crippen LogP contribution < -0.4 is 19.1 Å². The minimum atomic E-state index is -4.21. The predicted molar refractivity (Wildman–Crippen MR) is 167 cm³/mol. The first-order valence-electron chi connectivity index (χ1n) is 13.6. The number of benzene rings is 3. The summed E-state index contributed by atoms with van der Waals surface area (Å²) in [7, 11) is -1.15. The molecule has 1 unspecified atom stereocenters. The molecule has 1 N–H and O–H groups in total. The zero-order valence-electron chi connectivity index (χ0n) is 24.6. The second-order valence-corrected chi connectivity index (χ2v) is 12.6. The average Bonchev–Trinajstić information content (AvgIpc) is 2.99. The Bertz CT molecular complexity index is 1460. The van der Waals surface area contributed by atoms with Gasteiger partial charge in [-0.3, -0.25) is 13.9 Å². The highest BCUT2D eigenvalue weighted by Gasteiger charge is 2.32. The molecule has 0 aliphatic carbocycles. The number of methoxy groups -OCH3 is 2. The number of carbonyl (C=O) groups is 2. The van der Waals surface area contributed by atoms with E-state index in [2.05, 4.69) is 21.2 Å². The Morgan fingerprint density at radius 1 is 0.976 bits per heavy atom. The number of anilines is 1. The average molecular weight is 661 g/mol. The highest BCUT2D eigenvalue weighted by molar-refractivity contribution is 9.10. The number of halogens is 1. The zero-order chi connectivity index (χ0) is 30.9. The molecular weight excluding hydrogens is 622 g/mol. The van der Waals surface area contributed by atoms with Gasteiger partial charge in [-0.15, -0.1) is 0 Å². The largest absolute Gasteiger partial charge is 0.497 e. The molecule has 2 amide bonds. The number of hydrogen-bond donors (Lipinski definition) is 1. The molecule has 3 rings (SSSR count). The van der Waals surface area contributed by atoms with Gasteiger partial charge in [0.2, 0.25) is 11.8 Å². The lowest BCUT2D eigenvalue weighted by atomic mass is 10.1. The highest BCUT2D eigenvalue weighted by atomic mass is 79.9. The molecule has 226 valence electrons. The smallest absolute Gasteiger partial charge is 0.264 e. The molecule has 0 fully saturated rings. The van der Waals surface area contributed by atoms with Crippen LogP contribution in [0.25, 0.3) is 0 Å². The number of amides is 2. The third-order valence-corrected chi connectivity index (χ3v) is 9.21. The number of rotatable bonds is 14. The molecule has 0 saturated carbocycles. The van der Waals surface area contributed by atoms with E-state index in [4.69, 9.17) is 9.47 Å². The predicted octanol–water partition coefficient (Wildman–Crippen LogP) is 5.30. The van der Waals surface area contributed by atoms with E-state index >= 15 is 0 Å². The quantitative estimate of drug-likeness (QED) is 0.235. The molecule has 0 aromatic heterocycles. The first-order valence-corrected chi connectivity index (χ1v) is 15.9. The van der Waals surface area contributed by atoms with Crippen LogP contribution in [0.2, 0.25) is 0 Å². The van der Waals surface area contributed by atoms with Gasteiger partial charge in [0.25, 0.3) is 10.0 Å². The van der Waals surface area contributed by atoms with Crippen LogP contribution in [-0.2, 0) is 26.2 Å². The van der Waals surface area contributed by atoms with Crippen molar-refractivity contribution in [2.45, 2.75) is 51.1 Å². The maximum Gasteiger partial charge on any atom is 0.264 e. The van der Waals surface area contributed by atoms with E-state index < -0.39 is 28.5 Å². The first-order chi connectivity index (χ1) is 20.0. The molecule has 0 bridgehead atoms. The molecule has 3 aromatic rings. The molecule has 0 radical (unpaired) electrons. The third-order valence-electron chi connectivity index (χ3n) is 6.82. The molecule has 42 heavy (non-hydrogen) atoms. The second kappa shape index (κ2) is 15.1. The molecule has 0 saturated heterocycles. The van der Waals surface area contributed by atoms with Crippen molar-refractivity contribution in [2.24, 2.45) is 0 Å². The Morgan fingerprint density at radius 3 is 2.21 bits per heavy atom. The maximum absolute atomic E-state index is 14.0. The minimum Gasteiger partial charge on any atom is -0.497 e. The number of unbranched alkanes of at least 4 members (excludes halogenated alkanes) is 1. The van der Waals surface area contributed by atoms with E-state index in [1.807, 2.05) is 26.0 Å². The standard InChI is InChI=1S/C31H38BrN3O6S/c1-6-7-18-33-31(37)23(3)34(20-24-10-14-26(40-4)15-11-24)30(36)21-35(25-12-8-22(2)9-13-25)42(38,39)27-16-17-29(41-5)28(32)19-27/h8-17,19,23H,6-7,18,20-21H2,1-5H3,(H,33,37). The Kier molecular flexibility index (Phi) is 11.8. The van der Waals surface area contributed by atoms with Crippen LogP contribution in [0.3, 0.4) is 0 Å². The molecular formula is C31H38BrN3O6S. The fourth-order valence-electron chi connectivity index (χ4n) is 4.22. The van der Waals surface area contributed by atoms with E-state index in [-0.39, 0.29) is 17.3 Å². The van der Waals surface area contributed by atoms with Crippen molar-refractivity contribution in [3.63, 3.8) is 0 Å². The molecule has 1 atom stereocenters. The van der Waals surface area contributed by atoms with Gasteiger partial charge in [-0.05, 0) is 84.2 Å². The number of ether oxygens (including phenoxy) is 2. The SMILES string of the molecule is CCCCNC(=O)C(C)N(Cc1ccc(OC)cc1)C(=O)CN(c1ccc(C)cc1)S(=O)(=O)c1ccc(OC)c(Br)c1. The van der Waals surface area contributed by atoms with Crippen LogP contribution in [0.1, 0.15) is 37.8 Å². The van der Waals surface area contributed by atoms with Crippen LogP contribution >= 0.6 is 15.9 Å². The van der Waals surface area contributed by atoms with Gasteiger partial charge in [0, 0.05) is 13.1 Å². The number of aryl methyl sites for hydroxylation is 1. The summed E-state index contributed by atoms with van der Waals surface area (Å²) < 4.78 is 40.1. The number of carbonyl (C=O) groups excluding carboxylic acids is 2. The van der Waals surface area contributed by atoms with Crippen molar-refractivity contribution in [1.82, 2.24) is 10.2 Å². The normalized spacial score (nSPS) is 11.9. The lowest BCUT2D eigenvalue weighted by molar-refractivity contribution is -0.139. The number of hydrogen-bond acceptors (Lipinski definition) is 6. The number of nitrogens with one attached hydrogen (secondary N) is 1. The Morgan fingerprint density at radius 2 is 1.64 bits per heavy atom. The van der Waals surface area contributed by atoms with Gasteiger partial charge in [-0.1, -0.05) is 43.2 Å². The van der Waals surface area contributed by atoms with Crippen molar-refractivity contribution in [2.75, 3.05) is 31.6 Å². The Labute approximate surface area is 257 Å². The van der Waals surface area contributed by atoms with Gasteiger partial charge in [-0.25, -0.2) is 8.42 Å². The molecule has 0 spiro atoms. The summed E-state index contributed by atoms with van der Waals surface area (Å²) >= 11 is 3.36. The number of nitrogens with zero attached hydrogens (tertiary/aromatic N) is 2. The lowest BCUT2D eigenvalue weighted by Crippen LogP contribution is -2.51. The Balaban J connectivity index is 2.02. The zero-order valence-corrected chi connectivity index (χ0v) is 27.0. The molecule has 0 aliphatic heterocycles. The van der Waals surface area contributed by atoms with Gasteiger partial charge in [0.05, 0.1) is 29.3 Å². The van der Waals surface area contributed by atoms with E-state index in [1.54, 1.807) is 56.5 Å². The monoisotopic (exact) mass is 659 g/mol. The molecule has 0 aliphatic rings. The lowest BCUT2D eigenvalue weighted by Gasteiger charge is -2.32. The third kappa shape index (κ3) is 8.25. The summed E-state index contributed by atoms with van der Waals surface area (Å²) in [5, 5.41) is 2.89. The van der Waals surface area contributed by atoms with Crippen molar-refractivity contribution in [3.8, 4) is 11.5 Å². The maximum atomic E-state index is 14.0. The summed E-state index contributed by atoms with van der Waals surface area (Å²) in [4.78, 5) is 28.5. The van der Waals surface area contributed by atoms with Gasteiger partial charge in [0.15, 0.2) is 0 Å². The fraction of sp³-hybridized carbons (Fsp3) is 0.355. The summed E-state index contributed by atoms with van der Waals surface area (Å²) in [5.41, 5.74) is 2.03. The second-order valence-electron chi connectivity index (χ2n) is 9.83. The fourth-order valence-corrected chi connectivity index (χ4v) is 6.35.